The Morgan fingerprint density at radius 3 is 3.00 bits per heavy atom. The molecular formula is C8H9NO2. The Balaban J connectivity index is 3.04. The standard InChI is InChI=1S/C8H9NO2/c1-2-4-9-5-3-7(10)8(11)6-9/h2-3,5-6,11H,1,4H2. The van der Waals surface area contributed by atoms with Crippen molar-refractivity contribution in [3.8, 4) is 5.75 Å². The van der Waals surface area contributed by atoms with E-state index in [-0.39, 0.29) is 11.2 Å². The molecule has 1 rings (SSSR count). The number of aromatic hydroxyl groups is 1. The molecule has 58 valence electrons. The number of allylic oxidation sites excluding steroid dienone is 1. The van der Waals surface area contributed by atoms with Gasteiger partial charge in [-0.15, -0.1) is 6.58 Å². The summed E-state index contributed by atoms with van der Waals surface area (Å²) in [7, 11) is 0. The van der Waals surface area contributed by atoms with Crippen molar-refractivity contribution >= 4 is 0 Å². The van der Waals surface area contributed by atoms with E-state index in [1.54, 1.807) is 16.8 Å². The Bertz CT molecular complexity index is 314. The molecule has 0 aliphatic carbocycles. The lowest BCUT2D eigenvalue weighted by Crippen LogP contribution is -2.03. The third-order valence-electron chi connectivity index (χ3n) is 1.30. The molecule has 0 atom stereocenters. The maximum atomic E-state index is 10.7. The van der Waals surface area contributed by atoms with Crippen molar-refractivity contribution in [2.45, 2.75) is 6.54 Å². The summed E-state index contributed by atoms with van der Waals surface area (Å²) in [4.78, 5) is 10.7. The third kappa shape index (κ3) is 1.70. The first-order valence-electron chi connectivity index (χ1n) is 3.24. The van der Waals surface area contributed by atoms with Crippen LogP contribution in [0.15, 0.2) is 35.9 Å². The molecule has 0 fully saturated rings. The highest BCUT2D eigenvalue weighted by Gasteiger charge is 1.93. The van der Waals surface area contributed by atoms with Crippen molar-refractivity contribution in [2.75, 3.05) is 0 Å². The molecule has 0 saturated heterocycles. The predicted molar refractivity (Wildman–Crippen MR) is 42.6 cm³/mol. The Hall–Kier alpha value is -1.51. The average Bonchev–Trinajstić information content (AvgIpc) is 1.98. The first kappa shape index (κ1) is 7.60. The van der Waals surface area contributed by atoms with E-state index in [0.29, 0.717) is 6.54 Å². The molecule has 1 N–H and O–H groups in total. The number of hydrogen-bond acceptors (Lipinski definition) is 2. The number of nitrogens with zero attached hydrogens (tertiary/aromatic N) is 1. The average molecular weight is 151 g/mol. The van der Waals surface area contributed by atoms with E-state index in [1.165, 1.54) is 12.3 Å². The van der Waals surface area contributed by atoms with Gasteiger partial charge in [0.25, 0.3) is 0 Å². The van der Waals surface area contributed by atoms with Gasteiger partial charge in [-0.1, -0.05) is 6.08 Å². The van der Waals surface area contributed by atoms with E-state index in [9.17, 15) is 4.79 Å². The van der Waals surface area contributed by atoms with Crippen LogP contribution >= 0.6 is 0 Å². The second-order valence-corrected chi connectivity index (χ2v) is 2.18. The third-order valence-corrected chi connectivity index (χ3v) is 1.30. The fourth-order valence-electron chi connectivity index (χ4n) is 0.775. The summed E-state index contributed by atoms with van der Waals surface area (Å²) >= 11 is 0. The van der Waals surface area contributed by atoms with Crippen LogP contribution in [0.5, 0.6) is 5.75 Å². The Morgan fingerprint density at radius 2 is 2.45 bits per heavy atom. The van der Waals surface area contributed by atoms with Crippen LogP contribution < -0.4 is 5.43 Å². The fourth-order valence-corrected chi connectivity index (χ4v) is 0.775. The summed E-state index contributed by atoms with van der Waals surface area (Å²) in [6.07, 6.45) is 4.66. The SMILES string of the molecule is C=CCn1ccc(=O)c(O)c1. The molecule has 0 saturated carbocycles. The fraction of sp³-hybridized carbons (Fsp3) is 0.125. The number of rotatable bonds is 2. The zero-order valence-electron chi connectivity index (χ0n) is 6.03. The number of aromatic nitrogens is 1. The normalized spacial score (nSPS) is 9.45. The van der Waals surface area contributed by atoms with E-state index >= 15 is 0 Å². The minimum absolute atomic E-state index is 0.227. The van der Waals surface area contributed by atoms with Crippen LogP contribution in [-0.4, -0.2) is 9.67 Å². The zero-order valence-corrected chi connectivity index (χ0v) is 6.03. The lowest BCUT2D eigenvalue weighted by atomic mass is 10.4. The first-order chi connectivity index (χ1) is 5.24. The smallest absolute Gasteiger partial charge is 0.223 e. The topological polar surface area (TPSA) is 42.2 Å². The molecule has 1 aromatic heterocycles. The molecule has 3 nitrogen and oxygen atoms in total. The molecule has 1 heterocycles. The Morgan fingerprint density at radius 1 is 1.73 bits per heavy atom. The van der Waals surface area contributed by atoms with Gasteiger partial charge >= 0.3 is 0 Å². The summed E-state index contributed by atoms with van der Waals surface area (Å²) in [5.41, 5.74) is -0.356. The van der Waals surface area contributed by atoms with E-state index in [4.69, 9.17) is 5.11 Å². The number of pyridine rings is 1. The quantitative estimate of drug-likeness (QED) is 0.633. The maximum absolute atomic E-state index is 10.7. The Labute approximate surface area is 64.2 Å². The van der Waals surface area contributed by atoms with Gasteiger partial charge in [0.2, 0.25) is 5.43 Å². The van der Waals surface area contributed by atoms with Gasteiger partial charge in [-0.05, 0) is 0 Å². The predicted octanol–water partition coefficient (Wildman–Crippen LogP) is 0.740. The van der Waals surface area contributed by atoms with Crippen molar-refractivity contribution in [3.63, 3.8) is 0 Å². The van der Waals surface area contributed by atoms with Crippen molar-refractivity contribution in [3.05, 3.63) is 41.3 Å². The summed E-state index contributed by atoms with van der Waals surface area (Å²) in [5, 5.41) is 8.96. The van der Waals surface area contributed by atoms with Gasteiger partial charge in [0.05, 0.1) is 6.20 Å². The summed E-state index contributed by atoms with van der Waals surface area (Å²) in [6, 6.07) is 1.32. The van der Waals surface area contributed by atoms with Gasteiger partial charge in [0, 0.05) is 18.8 Å². The van der Waals surface area contributed by atoms with Crippen molar-refractivity contribution < 1.29 is 5.11 Å². The van der Waals surface area contributed by atoms with Crippen molar-refractivity contribution in [1.29, 1.82) is 0 Å². The lowest BCUT2D eigenvalue weighted by molar-refractivity contribution is 0.462. The van der Waals surface area contributed by atoms with Gasteiger partial charge < -0.3 is 9.67 Å². The summed E-state index contributed by atoms with van der Waals surface area (Å²) < 4.78 is 1.67. The van der Waals surface area contributed by atoms with Crippen LogP contribution in [0.4, 0.5) is 0 Å². The molecule has 0 aromatic carbocycles. The van der Waals surface area contributed by atoms with E-state index in [2.05, 4.69) is 6.58 Å². The monoisotopic (exact) mass is 151 g/mol. The summed E-state index contributed by atoms with van der Waals surface area (Å²) in [5.74, 6) is -0.227. The highest BCUT2D eigenvalue weighted by molar-refractivity contribution is 5.15. The van der Waals surface area contributed by atoms with Crippen LogP contribution in [0.2, 0.25) is 0 Å². The van der Waals surface area contributed by atoms with E-state index in [1.807, 2.05) is 0 Å². The molecular weight excluding hydrogens is 142 g/mol. The highest BCUT2D eigenvalue weighted by atomic mass is 16.3. The minimum atomic E-state index is -0.356. The summed E-state index contributed by atoms with van der Waals surface area (Å²) in [6.45, 7) is 4.12. The molecule has 1 aromatic rings. The van der Waals surface area contributed by atoms with E-state index in [0.717, 1.165) is 0 Å². The Kier molecular flexibility index (Phi) is 2.11. The van der Waals surface area contributed by atoms with Gasteiger partial charge in [0.1, 0.15) is 0 Å². The van der Waals surface area contributed by atoms with Crippen molar-refractivity contribution in [2.24, 2.45) is 0 Å². The van der Waals surface area contributed by atoms with Gasteiger partial charge in [0.15, 0.2) is 5.75 Å². The van der Waals surface area contributed by atoms with Crippen LogP contribution in [0, 0.1) is 0 Å². The van der Waals surface area contributed by atoms with Crippen molar-refractivity contribution in [1.82, 2.24) is 4.57 Å². The molecule has 0 spiro atoms. The second kappa shape index (κ2) is 3.05. The largest absolute Gasteiger partial charge is 0.503 e. The van der Waals surface area contributed by atoms with Gasteiger partial charge in [-0.2, -0.15) is 0 Å². The molecule has 0 amide bonds. The zero-order chi connectivity index (χ0) is 8.27. The van der Waals surface area contributed by atoms with Crippen LogP contribution in [-0.2, 0) is 6.54 Å². The molecule has 11 heavy (non-hydrogen) atoms. The van der Waals surface area contributed by atoms with Crippen LogP contribution in [0.1, 0.15) is 0 Å². The molecule has 0 unspecified atom stereocenters. The van der Waals surface area contributed by atoms with Gasteiger partial charge in [-0.3, -0.25) is 4.79 Å². The van der Waals surface area contributed by atoms with Gasteiger partial charge in [-0.25, -0.2) is 0 Å². The molecule has 0 radical (unpaired) electrons. The molecule has 3 heteroatoms. The van der Waals surface area contributed by atoms with E-state index < -0.39 is 0 Å². The molecule has 0 aliphatic rings. The van der Waals surface area contributed by atoms with Crippen LogP contribution in [0.25, 0.3) is 0 Å². The molecule has 0 bridgehead atoms. The highest BCUT2D eigenvalue weighted by Crippen LogP contribution is 1.97. The lowest BCUT2D eigenvalue weighted by Gasteiger charge is -2.00. The minimum Gasteiger partial charge on any atom is -0.503 e. The second-order valence-electron chi connectivity index (χ2n) is 2.18. The number of hydrogen-bond donors (Lipinski definition) is 1. The van der Waals surface area contributed by atoms with Crippen LogP contribution in [0.3, 0.4) is 0 Å². The molecule has 0 aliphatic heterocycles. The maximum Gasteiger partial charge on any atom is 0.223 e. The first-order valence-corrected chi connectivity index (χ1v) is 3.24.